The number of ether oxygens (including phenoxy) is 1. The Kier molecular flexibility index (Phi) is 5.52. The van der Waals surface area contributed by atoms with Crippen molar-refractivity contribution in [1.29, 1.82) is 0 Å². The van der Waals surface area contributed by atoms with Gasteiger partial charge in [0.1, 0.15) is 6.10 Å². The zero-order valence-electron chi connectivity index (χ0n) is 14.5. The van der Waals surface area contributed by atoms with Gasteiger partial charge in [0, 0.05) is 18.8 Å². The summed E-state index contributed by atoms with van der Waals surface area (Å²) in [4.78, 5) is 3.38. The molecule has 0 N–H and O–H groups in total. The number of benzene rings is 1. The van der Waals surface area contributed by atoms with Crippen LogP contribution in [-0.2, 0) is 22.4 Å². The molecular weight excluding hydrogens is 426 g/mol. The molecule has 1 unspecified atom stereocenters. The molecule has 1 aromatic heterocycles. The lowest BCUT2D eigenvalue weighted by atomic mass is 10.2. The van der Waals surface area contributed by atoms with E-state index in [0.717, 1.165) is 28.7 Å². The summed E-state index contributed by atoms with van der Waals surface area (Å²) in [5.74, 6) is -0.293. The van der Waals surface area contributed by atoms with E-state index in [4.69, 9.17) is 4.74 Å². The number of aromatic nitrogens is 1. The summed E-state index contributed by atoms with van der Waals surface area (Å²) in [6.07, 6.45) is -8.78. The van der Waals surface area contributed by atoms with E-state index < -0.39 is 39.6 Å². The van der Waals surface area contributed by atoms with Gasteiger partial charge in [0.25, 0.3) is 0 Å². The second-order valence-electron chi connectivity index (χ2n) is 6.29. The molecule has 12 heteroatoms. The van der Waals surface area contributed by atoms with Gasteiger partial charge in [0.2, 0.25) is 15.9 Å². The van der Waals surface area contributed by atoms with E-state index in [2.05, 4.69) is 4.98 Å². The molecule has 1 aliphatic heterocycles. The molecule has 0 bridgehead atoms. The number of rotatable bonds is 4. The first-order valence-corrected chi connectivity index (χ1v) is 9.69. The first-order valence-electron chi connectivity index (χ1n) is 8.25. The maximum Gasteiger partial charge on any atom is 0.416 e. The van der Waals surface area contributed by atoms with Crippen molar-refractivity contribution in [3.8, 4) is 5.88 Å². The van der Waals surface area contributed by atoms with Gasteiger partial charge in [-0.2, -0.15) is 30.6 Å². The standard InChI is InChI=1S/C17H14F6N2O3S/c18-16(19,20)11-1-3-14(4-2-11)29(26,27)25-8-6-13(10-25)28-15-9-12(5-7-24-15)17(21,22)23/h1-5,7,9,13H,6,8,10H2. The molecule has 0 saturated carbocycles. The zero-order chi connectivity index (χ0) is 21.4. The minimum Gasteiger partial charge on any atom is -0.473 e. The van der Waals surface area contributed by atoms with E-state index >= 15 is 0 Å². The number of pyridine rings is 1. The fourth-order valence-corrected chi connectivity index (χ4v) is 4.28. The van der Waals surface area contributed by atoms with E-state index in [-0.39, 0.29) is 30.3 Å². The van der Waals surface area contributed by atoms with Gasteiger partial charge in [0.05, 0.1) is 22.6 Å². The predicted octanol–water partition coefficient (Wildman–Crippen LogP) is 3.96. The highest BCUT2D eigenvalue weighted by Gasteiger charge is 2.36. The summed E-state index contributed by atoms with van der Waals surface area (Å²) < 4.78 is 108. The van der Waals surface area contributed by atoms with Gasteiger partial charge in [0.15, 0.2) is 0 Å². The highest BCUT2D eigenvalue weighted by Crippen LogP contribution is 2.32. The molecule has 2 heterocycles. The summed E-state index contributed by atoms with van der Waals surface area (Å²) in [5.41, 5.74) is -1.93. The number of halogens is 6. The smallest absolute Gasteiger partial charge is 0.416 e. The van der Waals surface area contributed by atoms with Crippen LogP contribution in [0.2, 0.25) is 0 Å². The van der Waals surface area contributed by atoms with Gasteiger partial charge in [-0.3, -0.25) is 0 Å². The molecular formula is C17H14F6N2O3S. The number of hydrogen-bond donors (Lipinski definition) is 0. The van der Waals surface area contributed by atoms with E-state index in [1.807, 2.05) is 0 Å². The van der Waals surface area contributed by atoms with Crippen molar-refractivity contribution >= 4 is 10.0 Å². The van der Waals surface area contributed by atoms with E-state index in [9.17, 15) is 34.8 Å². The SMILES string of the molecule is O=S(=O)(c1ccc(C(F)(F)F)cc1)N1CCC(Oc2cc(C(F)(F)F)ccn2)C1. The van der Waals surface area contributed by atoms with Crippen LogP contribution in [0, 0.1) is 0 Å². The first kappa shape index (κ1) is 21.4. The summed E-state index contributed by atoms with van der Waals surface area (Å²) in [5, 5.41) is 0. The number of sulfonamides is 1. The van der Waals surface area contributed by atoms with Crippen molar-refractivity contribution in [2.24, 2.45) is 0 Å². The van der Waals surface area contributed by atoms with Crippen molar-refractivity contribution in [3.63, 3.8) is 0 Å². The minimum atomic E-state index is -4.59. The second-order valence-corrected chi connectivity index (χ2v) is 8.23. The Hall–Kier alpha value is -2.34. The topological polar surface area (TPSA) is 59.5 Å². The molecule has 0 spiro atoms. The molecule has 1 atom stereocenters. The minimum absolute atomic E-state index is 0.00693. The lowest BCUT2D eigenvalue weighted by Gasteiger charge is -2.18. The molecule has 0 amide bonds. The van der Waals surface area contributed by atoms with Gasteiger partial charge in [-0.05, 0) is 36.8 Å². The normalized spacial score (nSPS) is 18.8. The molecule has 1 aromatic carbocycles. The average molecular weight is 440 g/mol. The van der Waals surface area contributed by atoms with Crippen molar-refractivity contribution in [1.82, 2.24) is 9.29 Å². The summed E-state index contributed by atoms with van der Waals surface area (Å²) in [7, 11) is -4.07. The Bertz CT molecular complexity index is 974. The van der Waals surface area contributed by atoms with Crippen molar-refractivity contribution < 1.29 is 39.5 Å². The third-order valence-corrected chi connectivity index (χ3v) is 6.16. The molecule has 29 heavy (non-hydrogen) atoms. The molecule has 1 saturated heterocycles. The molecule has 3 rings (SSSR count). The largest absolute Gasteiger partial charge is 0.473 e. The van der Waals surface area contributed by atoms with Crippen LogP contribution in [0.4, 0.5) is 26.3 Å². The predicted molar refractivity (Wildman–Crippen MR) is 88.5 cm³/mol. The maximum atomic E-state index is 12.7. The highest BCUT2D eigenvalue weighted by molar-refractivity contribution is 7.89. The summed E-state index contributed by atoms with van der Waals surface area (Å²) in [6, 6.07) is 4.56. The first-order chi connectivity index (χ1) is 13.4. The summed E-state index contributed by atoms with van der Waals surface area (Å²) in [6.45, 7) is -0.158. The third kappa shape index (κ3) is 4.81. The van der Waals surface area contributed by atoms with Gasteiger partial charge in [-0.25, -0.2) is 13.4 Å². The Balaban J connectivity index is 1.70. The molecule has 1 aliphatic rings. The number of hydrogen-bond acceptors (Lipinski definition) is 4. The lowest BCUT2D eigenvalue weighted by Crippen LogP contribution is -2.31. The van der Waals surface area contributed by atoms with E-state index in [0.29, 0.717) is 18.2 Å². The van der Waals surface area contributed by atoms with Crippen LogP contribution in [0.1, 0.15) is 17.5 Å². The second kappa shape index (κ2) is 7.48. The Labute approximate surface area is 162 Å². The van der Waals surface area contributed by atoms with Crippen LogP contribution in [0.25, 0.3) is 0 Å². The molecule has 0 radical (unpaired) electrons. The van der Waals surface area contributed by atoms with Gasteiger partial charge in [-0.1, -0.05) is 0 Å². The Morgan fingerprint density at radius 1 is 0.966 bits per heavy atom. The number of alkyl halides is 6. The van der Waals surface area contributed by atoms with E-state index in [1.165, 1.54) is 0 Å². The van der Waals surface area contributed by atoms with Crippen LogP contribution in [0.5, 0.6) is 5.88 Å². The van der Waals surface area contributed by atoms with Crippen LogP contribution in [0.3, 0.4) is 0 Å². The molecule has 1 fully saturated rings. The lowest BCUT2D eigenvalue weighted by molar-refractivity contribution is -0.138. The van der Waals surface area contributed by atoms with Gasteiger partial charge < -0.3 is 4.74 Å². The van der Waals surface area contributed by atoms with Crippen LogP contribution >= 0.6 is 0 Å². The van der Waals surface area contributed by atoms with Crippen molar-refractivity contribution in [2.45, 2.75) is 29.8 Å². The Morgan fingerprint density at radius 2 is 1.59 bits per heavy atom. The fraction of sp³-hybridized carbons (Fsp3) is 0.353. The number of nitrogens with zero attached hydrogens (tertiary/aromatic N) is 2. The van der Waals surface area contributed by atoms with Crippen LogP contribution in [-0.4, -0.2) is 36.9 Å². The zero-order valence-corrected chi connectivity index (χ0v) is 15.4. The molecule has 2 aromatic rings. The van der Waals surface area contributed by atoms with Crippen molar-refractivity contribution in [3.05, 3.63) is 53.7 Å². The van der Waals surface area contributed by atoms with Gasteiger partial charge >= 0.3 is 12.4 Å². The monoisotopic (exact) mass is 440 g/mol. The molecule has 0 aliphatic carbocycles. The third-order valence-electron chi connectivity index (χ3n) is 4.28. The van der Waals surface area contributed by atoms with Crippen LogP contribution in [0.15, 0.2) is 47.5 Å². The fourth-order valence-electron chi connectivity index (χ4n) is 2.80. The van der Waals surface area contributed by atoms with Crippen molar-refractivity contribution in [2.75, 3.05) is 13.1 Å². The Morgan fingerprint density at radius 3 is 2.17 bits per heavy atom. The quantitative estimate of drug-likeness (QED) is 0.676. The van der Waals surface area contributed by atoms with Crippen LogP contribution < -0.4 is 4.74 Å². The maximum absolute atomic E-state index is 12.7. The van der Waals surface area contributed by atoms with E-state index in [1.54, 1.807) is 0 Å². The van der Waals surface area contributed by atoms with Gasteiger partial charge in [-0.15, -0.1) is 0 Å². The molecule has 5 nitrogen and oxygen atoms in total. The summed E-state index contributed by atoms with van der Waals surface area (Å²) >= 11 is 0. The highest BCUT2D eigenvalue weighted by atomic mass is 32.2. The average Bonchev–Trinajstić information content (AvgIpc) is 3.10. The molecule has 158 valence electrons.